The SMILES string of the molecule is CC1=[C-]C(C)C(C)=C1C.Cc1cc(O)cc(C(C)(C)C)c1.[Cl-].[Cl-].[Ti]. The van der Waals surface area contributed by atoms with E-state index in [4.69, 9.17) is 0 Å². The Bertz CT molecular complexity index is 564. The molecule has 1 aromatic rings. The zero-order chi connectivity index (χ0) is 16.4. The van der Waals surface area contributed by atoms with E-state index in [1.807, 2.05) is 13.0 Å². The maximum absolute atomic E-state index is 9.36. The van der Waals surface area contributed by atoms with Crippen molar-refractivity contribution in [1.29, 1.82) is 0 Å². The second kappa shape index (κ2) is 11.4. The summed E-state index contributed by atoms with van der Waals surface area (Å²) in [5.41, 5.74) is 6.65. The molecule has 136 valence electrons. The number of benzene rings is 1. The predicted molar refractivity (Wildman–Crippen MR) is 91.5 cm³/mol. The van der Waals surface area contributed by atoms with Gasteiger partial charge in [-0.2, -0.15) is 11.1 Å². The number of aromatic hydroxyl groups is 1. The van der Waals surface area contributed by atoms with E-state index in [0.29, 0.717) is 11.7 Å². The second-order valence-corrected chi connectivity index (χ2v) is 7.11. The van der Waals surface area contributed by atoms with Gasteiger partial charge in [-0.1, -0.05) is 53.5 Å². The third-order valence-electron chi connectivity index (χ3n) is 4.16. The number of hydrogen-bond acceptors (Lipinski definition) is 1. The van der Waals surface area contributed by atoms with Crippen molar-refractivity contribution < 1.29 is 51.6 Å². The van der Waals surface area contributed by atoms with Crippen LogP contribution in [0.4, 0.5) is 0 Å². The molecule has 1 aromatic carbocycles. The van der Waals surface area contributed by atoms with E-state index in [1.165, 1.54) is 22.3 Å². The summed E-state index contributed by atoms with van der Waals surface area (Å²) in [7, 11) is 0. The number of aryl methyl sites for hydroxylation is 1. The number of halogens is 2. The maximum atomic E-state index is 9.36. The predicted octanol–water partition coefficient (Wildman–Crippen LogP) is -0.274. The summed E-state index contributed by atoms with van der Waals surface area (Å²) >= 11 is 0. The normalized spacial score (nSPS) is 16.0. The first-order chi connectivity index (χ1) is 9.52. The van der Waals surface area contributed by atoms with Gasteiger partial charge in [0.1, 0.15) is 5.75 Å². The van der Waals surface area contributed by atoms with E-state index >= 15 is 0 Å². The fourth-order valence-corrected chi connectivity index (χ4v) is 2.36. The minimum absolute atomic E-state index is 0. The van der Waals surface area contributed by atoms with Gasteiger partial charge in [0.2, 0.25) is 0 Å². The molecule has 0 heterocycles. The van der Waals surface area contributed by atoms with Gasteiger partial charge in [-0.15, -0.1) is 6.92 Å². The average Bonchev–Trinajstić information content (AvgIpc) is 2.55. The van der Waals surface area contributed by atoms with Gasteiger partial charge in [-0.05, 0) is 35.6 Å². The van der Waals surface area contributed by atoms with Crippen LogP contribution in [0.5, 0.6) is 5.75 Å². The Hall–Kier alpha value is -0.206. The van der Waals surface area contributed by atoms with Crippen LogP contribution < -0.4 is 24.8 Å². The summed E-state index contributed by atoms with van der Waals surface area (Å²) in [6.07, 6.45) is 3.36. The molecule has 1 aliphatic carbocycles. The average molecular weight is 404 g/mol. The topological polar surface area (TPSA) is 20.2 Å². The van der Waals surface area contributed by atoms with Crippen molar-refractivity contribution in [1.82, 2.24) is 0 Å². The molecule has 0 bridgehead atoms. The molecule has 1 aliphatic rings. The molecule has 0 amide bonds. The van der Waals surface area contributed by atoms with E-state index in [2.05, 4.69) is 60.6 Å². The molecule has 1 nitrogen and oxygen atoms in total. The maximum Gasteiger partial charge on any atom is 0.116 e. The van der Waals surface area contributed by atoms with E-state index in [9.17, 15) is 5.11 Å². The number of hydrogen-bond donors (Lipinski definition) is 1. The Morgan fingerprint density at radius 2 is 1.46 bits per heavy atom. The summed E-state index contributed by atoms with van der Waals surface area (Å²) in [5.74, 6) is 0.921. The summed E-state index contributed by atoms with van der Waals surface area (Å²) in [6.45, 7) is 17.1. The van der Waals surface area contributed by atoms with E-state index in [1.54, 1.807) is 6.07 Å². The summed E-state index contributed by atoms with van der Waals surface area (Å²) in [5, 5.41) is 9.36. The minimum Gasteiger partial charge on any atom is -1.00 e. The number of phenolic OH excluding ortho intramolecular Hbond substituents is 1. The Balaban J connectivity index is -0.000000336. The van der Waals surface area contributed by atoms with Crippen LogP contribution in [0.25, 0.3) is 0 Å². The molecule has 0 aromatic heterocycles. The van der Waals surface area contributed by atoms with Crippen LogP contribution in [0.1, 0.15) is 59.6 Å². The van der Waals surface area contributed by atoms with Crippen LogP contribution in [0.3, 0.4) is 0 Å². The summed E-state index contributed by atoms with van der Waals surface area (Å²) < 4.78 is 0. The summed E-state index contributed by atoms with van der Waals surface area (Å²) in [4.78, 5) is 0. The Morgan fingerprint density at radius 1 is 0.958 bits per heavy atom. The standard InChI is InChI=1S/C11H16O.C9H13.2ClH.Ti/c1-8-5-9(11(2,3)4)7-10(12)6-8;1-6-5-7(2)9(4)8(6)3;;;/h5-7,12H,1-4H3;6H,1-4H3;2*1H;/q;-1;;;/p-2. The third-order valence-corrected chi connectivity index (χ3v) is 4.16. The molecule has 0 aliphatic heterocycles. The fraction of sp³-hybridized carbons (Fsp3) is 0.500. The van der Waals surface area contributed by atoms with Gasteiger partial charge in [0.25, 0.3) is 0 Å². The smallest absolute Gasteiger partial charge is 0.116 e. The molecule has 2 rings (SSSR count). The van der Waals surface area contributed by atoms with Crippen molar-refractivity contribution in [2.24, 2.45) is 5.92 Å². The van der Waals surface area contributed by atoms with Gasteiger partial charge in [-0.3, -0.25) is 6.08 Å². The van der Waals surface area contributed by atoms with Crippen LogP contribution in [0, 0.1) is 18.9 Å². The molecule has 0 fully saturated rings. The van der Waals surface area contributed by atoms with Gasteiger partial charge < -0.3 is 29.9 Å². The zero-order valence-electron chi connectivity index (χ0n) is 16.0. The van der Waals surface area contributed by atoms with Gasteiger partial charge in [0, 0.05) is 21.7 Å². The fourth-order valence-electron chi connectivity index (χ4n) is 2.36. The Labute approximate surface area is 175 Å². The third kappa shape index (κ3) is 8.25. The molecule has 0 saturated heterocycles. The number of rotatable bonds is 0. The van der Waals surface area contributed by atoms with Crippen molar-refractivity contribution in [3.05, 3.63) is 52.1 Å². The molecule has 24 heavy (non-hydrogen) atoms. The van der Waals surface area contributed by atoms with Crippen LogP contribution in [-0.4, -0.2) is 5.11 Å². The summed E-state index contributed by atoms with van der Waals surface area (Å²) in [6, 6.07) is 5.71. The molecule has 1 N–H and O–H groups in total. The van der Waals surface area contributed by atoms with Crippen molar-refractivity contribution in [2.75, 3.05) is 0 Å². The largest absolute Gasteiger partial charge is 1.00 e. The van der Waals surface area contributed by atoms with Crippen molar-refractivity contribution in [3.8, 4) is 5.75 Å². The van der Waals surface area contributed by atoms with E-state index in [-0.39, 0.29) is 51.9 Å². The van der Waals surface area contributed by atoms with E-state index in [0.717, 1.165) is 5.56 Å². The van der Waals surface area contributed by atoms with Gasteiger partial charge in [0.05, 0.1) is 0 Å². The van der Waals surface area contributed by atoms with E-state index < -0.39 is 0 Å². The molecular formula is C20H29Cl2OTi-3. The monoisotopic (exact) mass is 403 g/mol. The molecule has 1 unspecified atom stereocenters. The van der Waals surface area contributed by atoms with Crippen LogP contribution in [-0.2, 0) is 27.1 Å². The first kappa shape index (κ1) is 28.6. The van der Waals surface area contributed by atoms with Gasteiger partial charge in [-0.25, -0.2) is 5.57 Å². The Kier molecular flexibility index (Phi) is 13.6. The Morgan fingerprint density at radius 3 is 1.71 bits per heavy atom. The molecular weight excluding hydrogens is 375 g/mol. The molecule has 0 radical (unpaired) electrons. The number of phenols is 1. The molecule has 0 spiro atoms. The van der Waals surface area contributed by atoms with Crippen molar-refractivity contribution in [2.45, 2.75) is 60.8 Å². The second-order valence-electron chi connectivity index (χ2n) is 7.11. The van der Waals surface area contributed by atoms with Gasteiger partial charge >= 0.3 is 0 Å². The molecule has 1 atom stereocenters. The number of allylic oxidation sites excluding steroid dienone is 4. The van der Waals surface area contributed by atoms with Crippen LogP contribution >= 0.6 is 0 Å². The molecule has 4 heteroatoms. The van der Waals surface area contributed by atoms with Crippen LogP contribution in [0.15, 0.2) is 34.9 Å². The quantitative estimate of drug-likeness (QED) is 0.466. The first-order valence-electron chi connectivity index (χ1n) is 7.61. The van der Waals surface area contributed by atoms with Gasteiger partial charge in [0.15, 0.2) is 0 Å². The minimum atomic E-state index is 0. The van der Waals surface area contributed by atoms with Crippen LogP contribution in [0.2, 0.25) is 0 Å². The molecule has 0 saturated carbocycles. The zero-order valence-corrected chi connectivity index (χ0v) is 19.1. The first-order valence-corrected chi connectivity index (χ1v) is 7.61. The van der Waals surface area contributed by atoms with Crippen molar-refractivity contribution >= 4 is 0 Å². The van der Waals surface area contributed by atoms with Crippen molar-refractivity contribution in [3.63, 3.8) is 0 Å².